The quantitative estimate of drug-likeness (QED) is 0.764. The topological polar surface area (TPSA) is 45.8 Å². The molecule has 3 nitrogen and oxygen atoms in total. The first kappa shape index (κ1) is 13.1. The molecule has 0 aliphatic heterocycles. The van der Waals surface area contributed by atoms with Gasteiger partial charge in [0.2, 0.25) is 0 Å². The van der Waals surface area contributed by atoms with Gasteiger partial charge in [-0.3, -0.25) is 4.79 Å². The molecule has 0 bridgehead atoms. The predicted octanol–water partition coefficient (Wildman–Crippen LogP) is 3.05. The minimum atomic E-state index is -0.126. The fraction of sp³-hybridized carbons (Fsp3) is 0.600. The monoisotopic (exact) mass is 246 g/mol. The lowest BCUT2D eigenvalue weighted by Gasteiger charge is -2.22. The van der Waals surface area contributed by atoms with Gasteiger partial charge in [-0.05, 0) is 11.0 Å². The maximum Gasteiger partial charge on any atom is 0.258 e. The Hall–Kier alpha value is -1.38. The molecule has 0 aromatic carbocycles. The van der Waals surface area contributed by atoms with E-state index in [1.165, 1.54) is 0 Å². The van der Waals surface area contributed by atoms with Crippen LogP contribution >= 0.6 is 0 Å². The molecule has 0 saturated heterocycles. The van der Waals surface area contributed by atoms with Crippen molar-refractivity contribution >= 4 is 5.57 Å². The molecule has 0 fully saturated rings. The SMILES string of the molecule is CC(C)(C)C1=CCc2nc(C(C)(C)C)[nH]c(=O)c21. The molecule has 0 amide bonds. The lowest BCUT2D eigenvalue weighted by Crippen LogP contribution is -2.26. The van der Waals surface area contributed by atoms with E-state index in [0.29, 0.717) is 0 Å². The van der Waals surface area contributed by atoms with Crippen molar-refractivity contribution in [2.45, 2.75) is 53.4 Å². The number of hydrogen-bond acceptors (Lipinski definition) is 2. The van der Waals surface area contributed by atoms with Crippen molar-refractivity contribution < 1.29 is 0 Å². The number of aromatic amines is 1. The van der Waals surface area contributed by atoms with E-state index in [9.17, 15) is 4.79 Å². The van der Waals surface area contributed by atoms with Crippen LogP contribution in [0.15, 0.2) is 10.9 Å². The second-order valence-electron chi connectivity index (χ2n) is 7.06. The van der Waals surface area contributed by atoms with Crippen LogP contribution in [-0.2, 0) is 11.8 Å². The van der Waals surface area contributed by atoms with Gasteiger partial charge in [-0.2, -0.15) is 0 Å². The molecule has 98 valence electrons. The summed E-state index contributed by atoms with van der Waals surface area (Å²) in [5, 5.41) is 0. The van der Waals surface area contributed by atoms with Crippen LogP contribution in [0.3, 0.4) is 0 Å². The zero-order valence-electron chi connectivity index (χ0n) is 12.1. The fourth-order valence-corrected chi connectivity index (χ4v) is 2.28. The van der Waals surface area contributed by atoms with Gasteiger partial charge >= 0.3 is 0 Å². The first-order valence-electron chi connectivity index (χ1n) is 6.45. The third-order valence-corrected chi connectivity index (χ3v) is 3.28. The number of nitrogens with one attached hydrogen (secondary N) is 1. The summed E-state index contributed by atoms with van der Waals surface area (Å²) < 4.78 is 0. The summed E-state index contributed by atoms with van der Waals surface area (Å²) in [6, 6.07) is 0. The van der Waals surface area contributed by atoms with Crippen LogP contribution in [0, 0.1) is 5.41 Å². The molecule has 3 heteroatoms. The Morgan fingerprint density at radius 2 is 1.72 bits per heavy atom. The fourth-order valence-electron chi connectivity index (χ4n) is 2.28. The first-order chi connectivity index (χ1) is 8.10. The molecule has 0 atom stereocenters. The van der Waals surface area contributed by atoms with E-state index in [2.05, 4.69) is 57.6 Å². The summed E-state index contributed by atoms with van der Waals surface area (Å²) in [5.41, 5.74) is 2.70. The van der Waals surface area contributed by atoms with Crippen LogP contribution in [0.5, 0.6) is 0 Å². The number of nitrogens with zero attached hydrogens (tertiary/aromatic N) is 1. The largest absolute Gasteiger partial charge is 0.310 e. The van der Waals surface area contributed by atoms with E-state index >= 15 is 0 Å². The Bertz CT molecular complexity index is 566. The molecular formula is C15H22N2O. The average Bonchev–Trinajstić information content (AvgIpc) is 2.59. The van der Waals surface area contributed by atoms with Gasteiger partial charge in [0.05, 0.1) is 11.3 Å². The zero-order valence-corrected chi connectivity index (χ0v) is 12.1. The molecule has 1 N–H and O–H groups in total. The van der Waals surface area contributed by atoms with E-state index in [1.807, 2.05) is 0 Å². The lowest BCUT2D eigenvalue weighted by atomic mass is 9.84. The number of allylic oxidation sites excluding steroid dienone is 2. The summed E-state index contributed by atoms with van der Waals surface area (Å²) in [6.07, 6.45) is 2.91. The highest BCUT2D eigenvalue weighted by atomic mass is 16.1. The number of aromatic nitrogens is 2. The Kier molecular flexibility index (Phi) is 2.76. The van der Waals surface area contributed by atoms with Gasteiger partial charge in [0.15, 0.2) is 0 Å². The molecule has 1 aliphatic carbocycles. The summed E-state index contributed by atoms with van der Waals surface area (Å²) in [5.74, 6) is 0.773. The van der Waals surface area contributed by atoms with Crippen molar-refractivity contribution in [2.75, 3.05) is 0 Å². The van der Waals surface area contributed by atoms with Crippen molar-refractivity contribution in [1.82, 2.24) is 9.97 Å². The zero-order chi connectivity index (χ0) is 13.7. The van der Waals surface area contributed by atoms with Crippen molar-refractivity contribution in [3.63, 3.8) is 0 Å². The number of fused-ring (bicyclic) bond motifs is 1. The lowest BCUT2D eigenvalue weighted by molar-refractivity contribution is 0.537. The normalized spacial score (nSPS) is 15.6. The highest BCUT2D eigenvalue weighted by Crippen LogP contribution is 2.37. The third kappa shape index (κ3) is 2.14. The van der Waals surface area contributed by atoms with E-state index in [-0.39, 0.29) is 16.4 Å². The third-order valence-electron chi connectivity index (χ3n) is 3.28. The van der Waals surface area contributed by atoms with Crippen LogP contribution in [-0.4, -0.2) is 9.97 Å². The summed E-state index contributed by atoms with van der Waals surface area (Å²) in [4.78, 5) is 19.9. The Morgan fingerprint density at radius 1 is 1.11 bits per heavy atom. The molecule has 0 spiro atoms. The molecule has 0 unspecified atom stereocenters. The van der Waals surface area contributed by atoms with Gasteiger partial charge in [-0.25, -0.2) is 4.98 Å². The molecule has 0 saturated carbocycles. The molecule has 1 aromatic heterocycles. The van der Waals surface area contributed by atoms with Gasteiger partial charge < -0.3 is 4.98 Å². The van der Waals surface area contributed by atoms with Gasteiger partial charge in [-0.15, -0.1) is 0 Å². The summed E-state index contributed by atoms with van der Waals surface area (Å²) in [6.45, 7) is 12.6. The molecule has 1 aromatic rings. The number of rotatable bonds is 0. The Balaban J connectivity index is 2.59. The van der Waals surface area contributed by atoms with Gasteiger partial charge in [0.25, 0.3) is 5.56 Å². The van der Waals surface area contributed by atoms with Crippen molar-refractivity contribution in [3.8, 4) is 0 Å². The number of hydrogen-bond donors (Lipinski definition) is 1. The summed E-state index contributed by atoms with van der Waals surface area (Å²) in [7, 11) is 0. The Labute approximate surface area is 108 Å². The predicted molar refractivity (Wildman–Crippen MR) is 74.7 cm³/mol. The Morgan fingerprint density at radius 3 is 2.22 bits per heavy atom. The van der Waals surface area contributed by atoms with E-state index in [4.69, 9.17) is 0 Å². The second kappa shape index (κ2) is 3.81. The molecule has 1 aliphatic rings. The number of H-pyrrole nitrogens is 1. The highest BCUT2D eigenvalue weighted by Gasteiger charge is 2.30. The molecule has 18 heavy (non-hydrogen) atoms. The maximum atomic E-state index is 12.3. The van der Waals surface area contributed by atoms with Crippen LogP contribution in [0.25, 0.3) is 5.57 Å². The van der Waals surface area contributed by atoms with Crippen molar-refractivity contribution in [1.29, 1.82) is 0 Å². The average molecular weight is 246 g/mol. The minimum Gasteiger partial charge on any atom is -0.310 e. The minimum absolute atomic E-state index is 0.00333. The highest BCUT2D eigenvalue weighted by molar-refractivity contribution is 5.74. The maximum absolute atomic E-state index is 12.3. The van der Waals surface area contributed by atoms with E-state index in [1.54, 1.807) is 0 Å². The van der Waals surface area contributed by atoms with Crippen molar-refractivity contribution in [2.24, 2.45) is 5.41 Å². The summed E-state index contributed by atoms with van der Waals surface area (Å²) >= 11 is 0. The first-order valence-corrected chi connectivity index (χ1v) is 6.45. The molecular weight excluding hydrogens is 224 g/mol. The molecule has 1 heterocycles. The second-order valence-corrected chi connectivity index (χ2v) is 7.06. The van der Waals surface area contributed by atoms with Crippen molar-refractivity contribution in [3.05, 3.63) is 33.5 Å². The van der Waals surface area contributed by atoms with Gasteiger partial charge in [0, 0.05) is 11.8 Å². The van der Waals surface area contributed by atoms with Crippen LogP contribution in [0.2, 0.25) is 0 Å². The van der Waals surface area contributed by atoms with Gasteiger partial charge in [-0.1, -0.05) is 47.6 Å². The van der Waals surface area contributed by atoms with E-state index in [0.717, 1.165) is 29.1 Å². The van der Waals surface area contributed by atoms with Crippen LogP contribution in [0.4, 0.5) is 0 Å². The molecule has 0 radical (unpaired) electrons. The smallest absolute Gasteiger partial charge is 0.258 e. The van der Waals surface area contributed by atoms with Gasteiger partial charge in [0.1, 0.15) is 5.82 Å². The van der Waals surface area contributed by atoms with Crippen LogP contribution in [0.1, 0.15) is 58.6 Å². The van der Waals surface area contributed by atoms with E-state index < -0.39 is 0 Å². The standard InChI is InChI=1S/C15H22N2O/c1-14(2,3)9-7-8-10-11(9)12(18)17-13(16-10)15(4,5)6/h7H,8H2,1-6H3,(H,16,17,18). The molecule has 2 rings (SSSR count). The van der Waals surface area contributed by atoms with Crippen LogP contribution < -0.4 is 5.56 Å².